The van der Waals surface area contributed by atoms with E-state index in [0.717, 1.165) is 17.7 Å². The number of rotatable bonds is 5. The monoisotopic (exact) mass is 350 g/mol. The van der Waals surface area contributed by atoms with E-state index in [-0.39, 0.29) is 5.91 Å². The minimum Gasteiger partial charge on any atom is -0.457 e. The zero-order chi connectivity index (χ0) is 18.5. The number of nitrogens with zero attached hydrogens (tertiary/aromatic N) is 1. The van der Waals surface area contributed by atoms with Gasteiger partial charge in [0.1, 0.15) is 11.5 Å². The maximum Gasteiger partial charge on any atom is 0.257 e. The number of amides is 1. The van der Waals surface area contributed by atoms with Crippen molar-refractivity contribution in [1.29, 1.82) is 0 Å². The van der Waals surface area contributed by atoms with Crippen LogP contribution in [0.1, 0.15) is 28.5 Å². The van der Waals surface area contributed by atoms with Crippen molar-refractivity contribution < 1.29 is 13.9 Å². The summed E-state index contributed by atoms with van der Waals surface area (Å²) in [7, 11) is 0. The van der Waals surface area contributed by atoms with Crippen molar-refractivity contribution >= 4 is 11.6 Å². The van der Waals surface area contributed by atoms with E-state index in [1.807, 2.05) is 24.3 Å². The first kappa shape index (κ1) is 17.6. The standard InChI is InChI=1S/C21H19FN2O2/c1-3-15-6-4-5-7-19(15)26-17-10-8-16(9-11-17)24-21(25)18-12-13-20(22)23-14(18)2/h4-13H,3H2,1-2H3,(H,24,25). The minimum atomic E-state index is -0.604. The minimum absolute atomic E-state index is 0.333. The fourth-order valence-corrected chi connectivity index (χ4v) is 2.60. The van der Waals surface area contributed by atoms with E-state index in [4.69, 9.17) is 4.74 Å². The van der Waals surface area contributed by atoms with Crippen molar-refractivity contribution in [1.82, 2.24) is 4.98 Å². The Kier molecular flexibility index (Phi) is 5.27. The molecule has 3 aromatic rings. The van der Waals surface area contributed by atoms with E-state index in [1.165, 1.54) is 12.1 Å². The lowest BCUT2D eigenvalue weighted by atomic mass is 10.1. The van der Waals surface area contributed by atoms with Crippen LogP contribution >= 0.6 is 0 Å². The van der Waals surface area contributed by atoms with Crippen LogP contribution in [0.2, 0.25) is 0 Å². The van der Waals surface area contributed by atoms with Gasteiger partial charge in [-0.15, -0.1) is 0 Å². The molecule has 0 fully saturated rings. The maximum absolute atomic E-state index is 13.1. The highest BCUT2D eigenvalue weighted by atomic mass is 19.1. The molecule has 0 unspecified atom stereocenters. The predicted molar refractivity (Wildman–Crippen MR) is 99.2 cm³/mol. The molecule has 2 aromatic carbocycles. The second-order valence-electron chi connectivity index (χ2n) is 5.81. The van der Waals surface area contributed by atoms with Gasteiger partial charge in [-0.3, -0.25) is 4.79 Å². The van der Waals surface area contributed by atoms with Crippen LogP contribution in [0.25, 0.3) is 0 Å². The van der Waals surface area contributed by atoms with Gasteiger partial charge >= 0.3 is 0 Å². The van der Waals surface area contributed by atoms with Gasteiger partial charge in [-0.1, -0.05) is 25.1 Å². The Morgan fingerprint density at radius 1 is 1.08 bits per heavy atom. The average molecular weight is 350 g/mol. The van der Waals surface area contributed by atoms with Crippen LogP contribution < -0.4 is 10.1 Å². The van der Waals surface area contributed by atoms with E-state index in [1.54, 1.807) is 31.2 Å². The molecule has 1 aromatic heterocycles. The molecule has 1 amide bonds. The molecule has 4 nitrogen and oxygen atoms in total. The molecule has 5 heteroatoms. The van der Waals surface area contributed by atoms with Gasteiger partial charge in [0.2, 0.25) is 5.95 Å². The first-order valence-electron chi connectivity index (χ1n) is 8.37. The van der Waals surface area contributed by atoms with Crippen LogP contribution in [-0.4, -0.2) is 10.9 Å². The van der Waals surface area contributed by atoms with Crippen LogP contribution in [0.15, 0.2) is 60.7 Å². The number of nitrogens with one attached hydrogen (secondary N) is 1. The van der Waals surface area contributed by atoms with Gasteiger partial charge in [0, 0.05) is 5.69 Å². The molecule has 0 aliphatic rings. The molecular formula is C21H19FN2O2. The smallest absolute Gasteiger partial charge is 0.257 e. The summed E-state index contributed by atoms with van der Waals surface area (Å²) < 4.78 is 19.0. The fraction of sp³-hybridized carbons (Fsp3) is 0.143. The summed E-state index contributed by atoms with van der Waals surface area (Å²) >= 11 is 0. The number of carbonyl (C=O) groups excluding carboxylic acids is 1. The number of ether oxygens (including phenoxy) is 1. The first-order valence-corrected chi connectivity index (χ1v) is 8.37. The van der Waals surface area contributed by atoms with E-state index < -0.39 is 5.95 Å². The van der Waals surface area contributed by atoms with Crippen molar-refractivity contribution in [3.05, 3.63) is 83.4 Å². The molecule has 0 atom stereocenters. The lowest BCUT2D eigenvalue weighted by molar-refractivity contribution is 0.102. The number of pyridine rings is 1. The summed E-state index contributed by atoms with van der Waals surface area (Å²) in [6.45, 7) is 3.67. The molecule has 0 bridgehead atoms. The Balaban J connectivity index is 1.70. The Bertz CT molecular complexity index is 924. The quantitative estimate of drug-likeness (QED) is 0.649. The number of carbonyl (C=O) groups is 1. The second-order valence-corrected chi connectivity index (χ2v) is 5.81. The Morgan fingerprint density at radius 3 is 2.50 bits per heavy atom. The third-order valence-electron chi connectivity index (χ3n) is 3.99. The van der Waals surface area contributed by atoms with Crippen LogP contribution in [-0.2, 0) is 6.42 Å². The van der Waals surface area contributed by atoms with E-state index in [9.17, 15) is 9.18 Å². The van der Waals surface area contributed by atoms with Crippen LogP contribution in [0.3, 0.4) is 0 Å². The fourth-order valence-electron chi connectivity index (χ4n) is 2.60. The molecule has 132 valence electrons. The maximum atomic E-state index is 13.1. The highest BCUT2D eigenvalue weighted by molar-refractivity contribution is 6.04. The first-order chi connectivity index (χ1) is 12.6. The number of hydrogen-bond acceptors (Lipinski definition) is 3. The summed E-state index contributed by atoms with van der Waals surface area (Å²) in [6.07, 6.45) is 0.884. The van der Waals surface area contributed by atoms with Crippen LogP contribution in [0, 0.1) is 12.9 Å². The van der Waals surface area contributed by atoms with Crippen LogP contribution in [0.5, 0.6) is 11.5 Å². The Labute approximate surface area is 151 Å². The number of hydrogen-bond donors (Lipinski definition) is 1. The van der Waals surface area contributed by atoms with E-state index in [2.05, 4.69) is 17.2 Å². The SMILES string of the molecule is CCc1ccccc1Oc1ccc(NC(=O)c2ccc(F)nc2C)cc1. The van der Waals surface area contributed by atoms with Gasteiger partial charge in [0.05, 0.1) is 11.3 Å². The average Bonchev–Trinajstić information content (AvgIpc) is 2.63. The number of para-hydroxylation sites is 1. The molecule has 0 saturated heterocycles. The van der Waals surface area contributed by atoms with Crippen molar-refractivity contribution in [3.63, 3.8) is 0 Å². The van der Waals surface area contributed by atoms with Crippen LogP contribution in [0.4, 0.5) is 10.1 Å². The molecule has 0 radical (unpaired) electrons. The van der Waals surface area contributed by atoms with Crippen molar-refractivity contribution in [3.8, 4) is 11.5 Å². The van der Waals surface area contributed by atoms with Gasteiger partial charge in [0.25, 0.3) is 5.91 Å². The highest BCUT2D eigenvalue weighted by Gasteiger charge is 2.11. The summed E-state index contributed by atoms with van der Waals surface area (Å²) in [5.74, 6) is 0.566. The molecular weight excluding hydrogens is 331 g/mol. The van der Waals surface area contributed by atoms with E-state index in [0.29, 0.717) is 22.7 Å². The summed E-state index contributed by atoms with van der Waals surface area (Å²) in [5.41, 5.74) is 2.43. The summed E-state index contributed by atoms with van der Waals surface area (Å²) in [5, 5.41) is 2.78. The summed E-state index contributed by atoms with van der Waals surface area (Å²) in [6, 6.07) is 17.6. The molecule has 0 saturated carbocycles. The molecule has 3 rings (SSSR count). The zero-order valence-corrected chi connectivity index (χ0v) is 14.6. The number of anilines is 1. The number of benzene rings is 2. The van der Waals surface area contributed by atoms with Gasteiger partial charge in [0.15, 0.2) is 0 Å². The normalized spacial score (nSPS) is 10.4. The van der Waals surface area contributed by atoms with Crippen molar-refractivity contribution in [2.75, 3.05) is 5.32 Å². The summed E-state index contributed by atoms with van der Waals surface area (Å²) in [4.78, 5) is 16.0. The predicted octanol–water partition coefficient (Wildman–Crippen LogP) is 5.14. The molecule has 0 aliphatic carbocycles. The number of aryl methyl sites for hydroxylation is 2. The number of halogens is 1. The Hall–Kier alpha value is -3.21. The lowest BCUT2D eigenvalue weighted by Gasteiger charge is -2.11. The lowest BCUT2D eigenvalue weighted by Crippen LogP contribution is -2.14. The highest BCUT2D eigenvalue weighted by Crippen LogP contribution is 2.26. The van der Waals surface area contributed by atoms with Gasteiger partial charge in [-0.2, -0.15) is 4.39 Å². The molecule has 1 N–H and O–H groups in total. The molecule has 0 aliphatic heterocycles. The second kappa shape index (κ2) is 7.78. The number of aromatic nitrogens is 1. The molecule has 0 spiro atoms. The van der Waals surface area contributed by atoms with Gasteiger partial charge in [-0.05, 0) is 61.4 Å². The third-order valence-corrected chi connectivity index (χ3v) is 3.99. The zero-order valence-electron chi connectivity index (χ0n) is 14.6. The van der Waals surface area contributed by atoms with Gasteiger partial charge in [-0.25, -0.2) is 4.98 Å². The molecule has 1 heterocycles. The van der Waals surface area contributed by atoms with Crippen molar-refractivity contribution in [2.45, 2.75) is 20.3 Å². The topological polar surface area (TPSA) is 51.2 Å². The largest absolute Gasteiger partial charge is 0.457 e. The van der Waals surface area contributed by atoms with Gasteiger partial charge < -0.3 is 10.1 Å². The Morgan fingerprint density at radius 2 is 1.81 bits per heavy atom. The third kappa shape index (κ3) is 4.06. The van der Waals surface area contributed by atoms with Crippen molar-refractivity contribution in [2.24, 2.45) is 0 Å². The van der Waals surface area contributed by atoms with E-state index >= 15 is 0 Å². The molecule has 26 heavy (non-hydrogen) atoms.